The zero-order chi connectivity index (χ0) is 15.0. The number of aromatic hydroxyl groups is 1. The molecule has 0 unspecified atom stereocenters. The van der Waals surface area contributed by atoms with Crippen molar-refractivity contribution in [3.05, 3.63) is 17.7 Å². The normalized spacial score (nSPS) is 10.6. The Morgan fingerprint density at radius 3 is 2.45 bits per heavy atom. The van der Waals surface area contributed by atoms with E-state index in [2.05, 4.69) is 10.5 Å². The molecule has 7 heteroatoms. The van der Waals surface area contributed by atoms with Crippen LogP contribution in [-0.2, 0) is 9.53 Å². The van der Waals surface area contributed by atoms with Crippen LogP contribution >= 0.6 is 0 Å². The first-order chi connectivity index (χ1) is 9.62. The molecular formula is C13H18N2O5. The van der Waals surface area contributed by atoms with Crippen molar-refractivity contribution in [1.82, 2.24) is 5.43 Å². The summed E-state index contributed by atoms with van der Waals surface area (Å²) in [7, 11) is 2.86. The maximum Gasteiger partial charge on any atom is 0.266 e. The van der Waals surface area contributed by atoms with E-state index in [1.165, 1.54) is 20.4 Å². The molecule has 7 nitrogen and oxygen atoms in total. The Morgan fingerprint density at radius 1 is 1.35 bits per heavy atom. The molecule has 1 aromatic rings. The number of hydrogen-bond acceptors (Lipinski definition) is 6. The van der Waals surface area contributed by atoms with Gasteiger partial charge in [-0.25, -0.2) is 5.43 Å². The van der Waals surface area contributed by atoms with E-state index in [4.69, 9.17) is 14.2 Å². The van der Waals surface area contributed by atoms with E-state index in [9.17, 15) is 9.90 Å². The van der Waals surface area contributed by atoms with E-state index >= 15 is 0 Å². The quantitative estimate of drug-likeness (QED) is 0.573. The van der Waals surface area contributed by atoms with Crippen LogP contribution in [0.4, 0.5) is 0 Å². The van der Waals surface area contributed by atoms with Gasteiger partial charge in [-0.3, -0.25) is 4.79 Å². The van der Waals surface area contributed by atoms with Gasteiger partial charge in [0, 0.05) is 12.2 Å². The van der Waals surface area contributed by atoms with Crippen molar-refractivity contribution in [2.24, 2.45) is 5.10 Å². The van der Waals surface area contributed by atoms with Gasteiger partial charge in [0.25, 0.3) is 5.91 Å². The van der Waals surface area contributed by atoms with Crippen molar-refractivity contribution in [3.8, 4) is 17.2 Å². The smallest absolute Gasteiger partial charge is 0.266 e. The molecule has 1 aromatic carbocycles. The average molecular weight is 282 g/mol. The lowest BCUT2D eigenvalue weighted by atomic mass is 10.2. The standard InChI is InChI=1S/C13H18N2O5/c1-4-20-8-12(16)15-14-7-9-5-10(18-2)13(17)11(6-9)19-3/h5-7,17H,4,8H2,1-3H3,(H,15,16)/b14-7+. The lowest BCUT2D eigenvalue weighted by Crippen LogP contribution is -2.22. The van der Waals surface area contributed by atoms with Gasteiger partial charge in [-0.2, -0.15) is 5.10 Å². The number of benzene rings is 1. The van der Waals surface area contributed by atoms with Crippen LogP contribution in [0.25, 0.3) is 0 Å². The third kappa shape index (κ3) is 4.43. The van der Waals surface area contributed by atoms with Crippen LogP contribution in [0.5, 0.6) is 17.2 Å². The first-order valence-electron chi connectivity index (χ1n) is 5.97. The molecule has 0 saturated heterocycles. The molecule has 0 aliphatic rings. The Bertz CT molecular complexity index is 463. The van der Waals surface area contributed by atoms with Crippen molar-refractivity contribution in [3.63, 3.8) is 0 Å². The summed E-state index contributed by atoms with van der Waals surface area (Å²) in [6.07, 6.45) is 1.41. The summed E-state index contributed by atoms with van der Waals surface area (Å²) in [5.74, 6) is 0.0752. The molecule has 0 heterocycles. The molecule has 110 valence electrons. The summed E-state index contributed by atoms with van der Waals surface area (Å²) in [4.78, 5) is 11.3. The average Bonchev–Trinajstić information content (AvgIpc) is 2.46. The van der Waals surface area contributed by atoms with Crippen LogP contribution in [0, 0.1) is 0 Å². The number of hydrazone groups is 1. The number of carbonyl (C=O) groups is 1. The monoisotopic (exact) mass is 282 g/mol. The molecule has 1 amide bonds. The fourth-order valence-corrected chi connectivity index (χ4v) is 1.39. The molecule has 2 N–H and O–H groups in total. The number of rotatable bonds is 7. The third-order valence-electron chi connectivity index (χ3n) is 2.34. The first-order valence-corrected chi connectivity index (χ1v) is 5.97. The lowest BCUT2D eigenvalue weighted by Gasteiger charge is -2.09. The minimum atomic E-state index is -0.346. The van der Waals surface area contributed by atoms with E-state index in [0.717, 1.165) is 0 Å². The van der Waals surface area contributed by atoms with Crippen molar-refractivity contribution in [1.29, 1.82) is 0 Å². The van der Waals surface area contributed by atoms with Crippen molar-refractivity contribution < 1.29 is 24.1 Å². The Hall–Kier alpha value is -2.28. The molecule has 0 radical (unpaired) electrons. The van der Waals surface area contributed by atoms with Gasteiger partial charge >= 0.3 is 0 Å². The number of nitrogens with zero attached hydrogens (tertiary/aromatic N) is 1. The molecule has 0 aromatic heterocycles. The number of nitrogens with one attached hydrogen (secondary N) is 1. The first kappa shape index (κ1) is 15.8. The van der Waals surface area contributed by atoms with E-state index < -0.39 is 0 Å². The summed E-state index contributed by atoms with van der Waals surface area (Å²) in [5.41, 5.74) is 2.92. The maximum atomic E-state index is 11.3. The highest BCUT2D eigenvalue weighted by atomic mass is 16.5. The van der Waals surface area contributed by atoms with E-state index in [-0.39, 0.29) is 29.8 Å². The van der Waals surface area contributed by atoms with Gasteiger partial charge in [-0.05, 0) is 19.1 Å². The van der Waals surface area contributed by atoms with Gasteiger partial charge < -0.3 is 19.3 Å². The van der Waals surface area contributed by atoms with Gasteiger partial charge in [0.15, 0.2) is 11.5 Å². The van der Waals surface area contributed by atoms with E-state index in [0.29, 0.717) is 12.2 Å². The topological polar surface area (TPSA) is 89.4 Å². The summed E-state index contributed by atoms with van der Waals surface area (Å²) < 4.78 is 14.9. The predicted molar refractivity (Wildman–Crippen MR) is 73.4 cm³/mol. The zero-order valence-corrected chi connectivity index (χ0v) is 11.7. The second-order valence-corrected chi connectivity index (χ2v) is 3.70. The van der Waals surface area contributed by atoms with Crippen LogP contribution in [0.15, 0.2) is 17.2 Å². The molecular weight excluding hydrogens is 264 g/mol. The summed E-state index contributed by atoms with van der Waals surface area (Å²) >= 11 is 0. The van der Waals surface area contributed by atoms with Crippen molar-refractivity contribution >= 4 is 12.1 Å². The highest BCUT2D eigenvalue weighted by Gasteiger charge is 2.10. The fourth-order valence-electron chi connectivity index (χ4n) is 1.39. The fraction of sp³-hybridized carbons (Fsp3) is 0.385. The molecule has 0 saturated carbocycles. The summed E-state index contributed by atoms with van der Waals surface area (Å²) in [5, 5.41) is 13.5. The Kier molecular flexibility index (Phi) is 6.31. The molecule has 20 heavy (non-hydrogen) atoms. The molecule has 0 aliphatic carbocycles. The van der Waals surface area contributed by atoms with E-state index in [1.807, 2.05) is 0 Å². The Morgan fingerprint density at radius 2 is 1.95 bits per heavy atom. The van der Waals surface area contributed by atoms with Gasteiger partial charge in [0.1, 0.15) is 6.61 Å². The van der Waals surface area contributed by atoms with Gasteiger partial charge in [0.2, 0.25) is 5.75 Å². The second kappa shape index (κ2) is 8.00. The maximum absolute atomic E-state index is 11.3. The Balaban J connectivity index is 2.74. The van der Waals surface area contributed by atoms with Gasteiger partial charge in [0.05, 0.1) is 20.4 Å². The number of phenols is 1. The van der Waals surface area contributed by atoms with Crippen LogP contribution in [-0.4, -0.2) is 44.7 Å². The minimum absolute atomic E-state index is 0.0456. The molecule has 0 spiro atoms. The van der Waals surface area contributed by atoms with Gasteiger partial charge in [-0.15, -0.1) is 0 Å². The second-order valence-electron chi connectivity index (χ2n) is 3.70. The van der Waals surface area contributed by atoms with Crippen molar-refractivity contribution in [2.45, 2.75) is 6.92 Å². The molecule has 0 aliphatic heterocycles. The van der Waals surface area contributed by atoms with Crippen molar-refractivity contribution in [2.75, 3.05) is 27.4 Å². The van der Waals surface area contributed by atoms with Crippen LogP contribution in [0.1, 0.15) is 12.5 Å². The highest BCUT2D eigenvalue weighted by Crippen LogP contribution is 2.36. The molecule has 0 bridgehead atoms. The highest BCUT2D eigenvalue weighted by molar-refractivity contribution is 5.84. The number of methoxy groups -OCH3 is 2. The summed E-state index contributed by atoms with van der Waals surface area (Å²) in [6, 6.07) is 3.13. The number of amides is 1. The number of ether oxygens (including phenoxy) is 3. The lowest BCUT2D eigenvalue weighted by molar-refractivity contribution is -0.125. The Labute approximate surface area is 117 Å². The molecule has 0 fully saturated rings. The number of hydrogen-bond donors (Lipinski definition) is 2. The largest absolute Gasteiger partial charge is 0.502 e. The zero-order valence-electron chi connectivity index (χ0n) is 11.7. The number of carbonyl (C=O) groups excluding carboxylic acids is 1. The van der Waals surface area contributed by atoms with Crippen LogP contribution < -0.4 is 14.9 Å². The summed E-state index contributed by atoms with van der Waals surface area (Å²) in [6.45, 7) is 2.21. The van der Waals surface area contributed by atoms with Crippen LogP contribution in [0.3, 0.4) is 0 Å². The SMILES string of the molecule is CCOCC(=O)N/N=C/c1cc(OC)c(O)c(OC)c1. The number of phenolic OH excluding ortho intramolecular Hbond substituents is 1. The molecule has 0 atom stereocenters. The minimum Gasteiger partial charge on any atom is -0.502 e. The van der Waals surface area contributed by atoms with E-state index in [1.54, 1.807) is 19.1 Å². The third-order valence-corrected chi connectivity index (χ3v) is 2.34. The van der Waals surface area contributed by atoms with Crippen LogP contribution in [0.2, 0.25) is 0 Å². The predicted octanol–water partition coefficient (Wildman–Crippen LogP) is 0.896. The molecule has 1 rings (SSSR count). The van der Waals surface area contributed by atoms with Gasteiger partial charge in [-0.1, -0.05) is 0 Å².